The van der Waals surface area contributed by atoms with Gasteiger partial charge in [0.15, 0.2) is 0 Å². The molecule has 0 saturated heterocycles. The zero-order valence-corrected chi connectivity index (χ0v) is 18.3. The third-order valence-electron chi connectivity index (χ3n) is 4.65. The molecule has 5 nitrogen and oxygen atoms in total. The number of nitrogens with zero attached hydrogens (tertiary/aromatic N) is 2. The van der Waals surface area contributed by atoms with Gasteiger partial charge in [-0.05, 0) is 61.7 Å². The van der Waals surface area contributed by atoms with Crippen molar-refractivity contribution in [2.24, 2.45) is 0 Å². The van der Waals surface area contributed by atoms with E-state index in [1.54, 1.807) is 7.11 Å². The Morgan fingerprint density at radius 3 is 2.34 bits per heavy atom. The van der Waals surface area contributed by atoms with E-state index in [-0.39, 0.29) is 0 Å². The van der Waals surface area contributed by atoms with Crippen LogP contribution in [0.2, 0.25) is 0 Å². The van der Waals surface area contributed by atoms with Crippen molar-refractivity contribution in [3.8, 4) is 23.6 Å². The number of ether oxygens (including phenoxy) is 1. The molecule has 29 heavy (non-hydrogen) atoms. The van der Waals surface area contributed by atoms with Crippen molar-refractivity contribution in [1.82, 2.24) is 4.57 Å². The smallest absolute Gasteiger partial charge is 0.120 e. The highest BCUT2D eigenvalue weighted by Crippen LogP contribution is 2.32. The highest BCUT2D eigenvalue weighted by molar-refractivity contribution is 7.87. The molecule has 1 saturated carbocycles. The van der Waals surface area contributed by atoms with E-state index in [9.17, 15) is 4.21 Å². The van der Waals surface area contributed by atoms with E-state index < -0.39 is 11.0 Å². The molecule has 3 aromatic rings. The van der Waals surface area contributed by atoms with Gasteiger partial charge >= 0.3 is 0 Å². The summed E-state index contributed by atoms with van der Waals surface area (Å²) in [6.07, 6.45) is 2.13. The fourth-order valence-corrected chi connectivity index (χ4v) is 4.25. The maximum Gasteiger partial charge on any atom is 0.120 e. The van der Waals surface area contributed by atoms with Crippen LogP contribution in [0.3, 0.4) is 0 Å². The number of fused-ring (bicyclic) bond motifs is 1. The highest BCUT2D eigenvalue weighted by atomic mass is 32.2. The molecule has 1 heterocycles. The van der Waals surface area contributed by atoms with Crippen molar-refractivity contribution in [3.63, 3.8) is 0 Å². The average Bonchev–Trinajstić information content (AvgIpc) is 3.57. The molecule has 0 aliphatic heterocycles. The third-order valence-corrected chi connectivity index (χ3v) is 6.16. The van der Waals surface area contributed by atoms with Gasteiger partial charge in [-0.15, -0.1) is 0 Å². The number of hydrogen-bond acceptors (Lipinski definition) is 3. The predicted octanol–water partition coefficient (Wildman–Crippen LogP) is 5.74. The summed E-state index contributed by atoms with van der Waals surface area (Å²) in [5.74, 6) is 0.870. The van der Waals surface area contributed by atoms with Gasteiger partial charge in [-0.25, -0.2) is 9.47 Å². The molecule has 0 amide bonds. The molecule has 4 rings (SSSR count). The number of nitrogens with one attached hydrogen (secondary N) is 1. The summed E-state index contributed by atoms with van der Waals surface area (Å²) in [6, 6.07) is 16.6. The summed E-state index contributed by atoms with van der Waals surface area (Å²) in [5.41, 5.74) is 4.45. The monoisotopic (exact) mass is 411 g/mol. The molecule has 1 N–H and O–H groups in total. The summed E-state index contributed by atoms with van der Waals surface area (Å²) < 4.78 is 22.7. The van der Waals surface area contributed by atoms with E-state index in [0.29, 0.717) is 5.25 Å². The van der Waals surface area contributed by atoms with Crippen LogP contribution in [0.4, 0.5) is 5.69 Å². The van der Waals surface area contributed by atoms with E-state index in [4.69, 9.17) is 10.00 Å². The van der Waals surface area contributed by atoms with Crippen LogP contribution in [0.5, 0.6) is 5.75 Å². The number of methoxy groups -OCH3 is 1. The zero-order valence-electron chi connectivity index (χ0n) is 17.5. The van der Waals surface area contributed by atoms with Gasteiger partial charge in [-0.3, -0.25) is 0 Å². The largest absolute Gasteiger partial charge is 0.497 e. The molecule has 1 atom stereocenters. The van der Waals surface area contributed by atoms with Crippen LogP contribution in [0.1, 0.15) is 33.6 Å². The molecule has 0 radical (unpaired) electrons. The summed E-state index contributed by atoms with van der Waals surface area (Å²) in [4.78, 5) is 0. The first kappa shape index (κ1) is 22.5. The molecule has 1 fully saturated rings. The maximum atomic E-state index is 12.0. The van der Waals surface area contributed by atoms with E-state index in [1.165, 1.54) is 16.6 Å². The second kappa shape index (κ2) is 10.7. The Balaban J connectivity index is 0.000000707. The standard InChI is InChI=1S/C20H22N2O2S.C2H6.CHN/c1-3-22-19-11-8-17(24-2)12-15(19)13-20(22)14-4-6-16(7-5-14)21-25(23)18-9-10-18;2*1-2/h4-8,11-13,18,21H,3,9-10H2,1-2H3;1-2H3;1H. The van der Waals surface area contributed by atoms with Crippen LogP contribution in [0.25, 0.3) is 22.2 Å². The summed E-state index contributed by atoms with van der Waals surface area (Å²) in [6.45, 7) is 10.6. The van der Waals surface area contributed by atoms with Crippen molar-refractivity contribution < 1.29 is 8.95 Å². The lowest BCUT2D eigenvalue weighted by atomic mass is 10.1. The number of rotatable bonds is 6. The second-order valence-corrected chi connectivity index (χ2v) is 7.84. The number of aromatic nitrogens is 1. The molecule has 1 unspecified atom stereocenters. The van der Waals surface area contributed by atoms with Gasteiger partial charge in [0.1, 0.15) is 16.7 Å². The van der Waals surface area contributed by atoms with Crippen molar-refractivity contribution >= 4 is 27.6 Å². The van der Waals surface area contributed by atoms with Gasteiger partial charge in [-0.2, -0.15) is 0 Å². The lowest BCUT2D eigenvalue weighted by molar-refractivity contribution is 0.415. The molecular weight excluding hydrogens is 382 g/mol. The molecule has 2 aromatic carbocycles. The van der Waals surface area contributed by atoms with E-state index >= 15 is 0 Å². The van der Waals surface area contributed by atoms with Crippen LogP contribution < -0.4 is 9.46 Å². The second-order valence-electron chi connectivity index (χ2n) is 6.37. The van der Waals surface area contributed by atoms with Crippen molar-refractivity contribution in [2.45, 2.75) is 45.4 Å². The van der Waals surface area contributed by atoms with E-state index in [2.05, 4.69) is 53.1 Å². The van der Waals surface area contributed by atoms with E-state index in [0.717, 1.165) is 36.4 Å². The minimum Gasteiger partial charge on any atom is -0.497 e. The van der Waals surface area contributed by atoms with Gasteiger partial charge in [0.25, 0.3) is 0 Å². The summed E-state index contributed by atoms with van der Waals surface area (Å²) >= 11 is 0. The third kappa shape index (κ3) is 5.18. The van der Waals surface area contributed by atoms with Crippen molar-refractivity contribution in [3.05, 3.63) is 48.5 Å². The molecule has 0 bridgehead atoms. The van der Waals surface area contributed by atoms with Gasteiger partial charge in [0.2, 0.25) is 0 Å². The first-order valence-corrected chi connectivity index (χ1v) is 11.1. The van der Waals surface area contributed by atoms with E-state index in [1.807, 2.05) is 32.0 Å². The first-order chi connectivity index (χ1) is 14.2. The van der Waals surface area contributed by atoms with Gasteiger partial charge in [0.05, 0.1) is 12.4 Å². The van der Waals surface area contributed by atoms with Crippen LogP contribution in [0, 0.1) is 11.8 Å². The van der Waals surface area contributed by atoms with Gasteiger partial charge in [0, 0.05) is 35.4 Å². The lowest BCUT2D eigenvalue weighted by Gasteiger charge is -2.10. The SMILES string of the molecule is C#N.CC.CCn1c(-c2ccc(NS(=O)C3CC3)cc2)cc2cc(OC)ccc21. The molecule has 1 aliphatic carbocycles. The Morgan fingerprint density at radius 2 is 1.79 bits per heavy atom. The molecule has 1 aromatic heterocycles. The molecule has 0 spiro atoms. The Labute approximate surface area is 175 Å². The van der Waals surface area contributed by atoms with Crippen molar-refractivity contribution in [2.75, 3.05) is 11.8 Å². The Morgan fingerprint density at radius 1 is 1.14 bits per heavy atom. The van der Waals surface area contributed by atoms with Crippen LogP contribution in [-0.2, 0) is 17.5 Å². The Hall–Kier alpha value is -2.78. The molecular formula is C23H29N3O2S. The maximum absolute atomic E-state index is 12.0. The lowest BCUT2D eigenvalue weighted by Crippen LogP contribution is -2.08. The fraction of sp³-hybridized carbons (Fsp3) is 0.348. The minimum atomic E-state index is -0.954. The number of anilines is 1. The van der Waals surface area contributed by atoms with Crippen LogP contribution in [-0.4, -0.2) is 21.1 Å². The zero-order chi connectivity index (χ0) is 21.4. The van der Waals surface area contributed by atoms with Crippen molar-refractivity contribution in [1.29, 1.82) is 5.26 Å². The Bertz CT molecular complexity index is 973. The van der Waals surface area contributed by atoms with Gasteiger partial charge < -0.3 is 14.0 Å². The highest BCUT2D eigenvalue weighted by Gasteiger charge is 2.28. The first-order valence-electron chi connectivity index (χ1n) is 9.90. The number of benzene rings is 2. The number of hydrogen-bond donors (Lipinski definition) is 1. The molecule has 1 aliphatic rings. The Kier molecular flexibility index (Phi) is 8.29. The topological polar surface area (TPSA) is 67.0 Å². The van der Waals surface area contributed by atoms with Gasteiger partial charge in [-0.1, -0.05) is 26.0 Å². The minimum absolute atomic E-state index is 0.331. The molecule has 154 valence electrons. The predicted molar refractivity (Wildman–Crippen MR) is 122 cm³/mol. The quantitative estimate of drug-likeness (QED) is 0.562. The normalized spacial score (nSPS) is 13.4. The van der Waals surface area contributed by atoms with Crippen LogP contribution in [0.15, 0.2) is 48.5 Å². The number of nitriles is 1. The summed E-state index contributed by atoms with van der Waals surface area (Å²) in [7, 11) is 0.737. The fourth-order valence-electron chi connectivity index (χ4n) is 3.15. The van der Waals surface area contributed by atoms with Crippen LogP contribution >= 0.6 is 0 Å². The average molecular weight is 412 g/mol. The molecule has 6 heteroatoms. The summed E-state index contributed by atoms with van der Waals surface area (Å²) in [5, 5.41) is 8.01. The number of aryl methyl sites for hydroxylation is 1.